The first-order chi connectivity index (χ1) is 7.91. The summed E-state index contributed by atoms with van der Waals surface area (Å²) in [7, 11) is 0. The highest BCUT2D eigenvalue weighted by Crippen LogP contribution is 2.23. The molecule has 0 radical (unpaired) electrons. The lowest BCUT2D eigenvalue weighted by atomic mass is 9.92. The van der Waals surface area contributed by atoms with Crippen LogP contribution in [0.25, 0.3) is 0 Å². The van der Waals surface area contributed by atoms with E-state index >= 15 is 0 Å². The van der Waals surface area contributed by atoms with Crippen LogP contribution < -0.4 is 0 Å². The Hall–Kier alpha value is -1.35. The Kier molecular flexibility index (Phi) is 4.70. The highest BCUT2D eigenvalue weighted by molar-refractivity contribution is 5.71. The molecule has 0 bridgehead atoms. The van der Waals surface area contributed by atoms with Crippen molar-refractivity contribution in [1.29, 1.82) is 0 Å². The summed E-state index contributed by atoms with van der Waals surface area (Å²) in [5.74, 6) is -0.623. The molecule has 0 spiro atoms. The summed E-state index contributed by atoms with van der Waals surface area (Å²) >= 11 is 0. The molecule has 94 valence electrons. The molecule has 0 saturated heterocycles. The molecular formula is C14H20O3. The van der Waals surface area contributed by atoms with E-state index in [9.17, 15) is 9.90 Å². The van der Waals surface area contributed by atoms with Gasteiger partial charge < -0.3 is 10.2 Å². The monoisotopic (exact) mass is 236 g/mol. The van der Waals surface area contributed by atoms with E-state index in [0.717, 1.165) is 5.56 Å². The van der Waals surface area contributed by atoms with Gasteiger partial charge in [-0.1, -0.05) is 45.0 Å². The first kappa shape index (κ1) is 13.7. The molecule has 1 aromatic carbocycles. The van der Waals surface area contributed by atoms with Gasteiger partial charge in [-0.3, -0.25) is 0 Å². The summed E-state index contributed by atoms with van der Waals surface area (Å²) in [6.07, 6.45) is -1.04. The molecule has 2 N–H and O–H groups in total. The molecule has 0 amide bonds. The van der Waals surface area contributed by atoms with Crippen LogP contribution in [0.1, 0.15) is 50.2 Å². The first-order valence-corrected chi connectivity index (χ1v) is 5.92. The Morgan fingerprint density at radius 3 is 2.00 bits per heavy atom. The molecular weight excluding hydrogens is 216 g/mol. The van der Waals surface area contributed by atoms with Gasteiger partial charge in [0, 0.05) is 0 Å². The number of aliphatic hydroxyl groups is 1. The molecule has 2 atom stereocenters. The van der Waals surface area contributed by atoms with Crippen molar-refractivity contribution in [3.05, 3.63) is 35.4 Å². The van der Waals surface area contributed by atoms with Crippen LogP contribution >= 0.6 is 0 Å². The van der Waals surface area contributed by atoms with Crippen molar-refractivity contribution in [2.75, 3.05) is 0 Å². The molecule has 0 aliphatic heterocycles. The average molecular weight is 236 g/mol. The number of hydrogen-bond acceptors (Lipinski definition) is 2. The Morgan fingerprint density at radius 1 is 1.12 bits per heavy atom. The minimum atomic E-state index is -1.28. The third kappa shape index (κ3) is 3.86. The predicted octanol–water partition coefficient (Wildman–Crippen LogP) is 2.75. The number of carboxylic acids is 1. The standard InChI is InChI=1S/C14H20O3/c1-9(2)11-4-6-12(7-5-11)10(3)8-13(15)14(16)17/h4-7,9-10,13,15H,8H2,1-3H3,(H,16,17). The Labute approximate surface area is 102 Å². The Balaban J connectivity index is 2.69. The lowest BCUT2D eigenvalue weighted by molar-refractivity contribution is -0.147. The minimum absolute atomic E-state index is 0.0438. The maximum absolute atomic E-state index is 10.6. The molecule has 1 rings (SSSR count). The highest BCUT2D eigenvalue weighted by Gasteiger charge is 2.18. The molecule has 0 saturated carbocycles. The molecule has 0 heterocycles. The zero-order chi connectivity index (χ0) is 13.0. The lowest BCUT2D eigenvalue weighted by Crippen LogP contribution is -2.21. The topological polar surface area (TPSA) is 57.5 Å². The van der Waals surface area contributed by atoms with Crippen LogP contribution in [0.15, 0.2) is 24.3 Å². The number of carbonyl (C=O) groups is 1. The van der Waals surface area contributed by atoms with E-state index in [1.54, 1.807) is 0 Å². The Morgan fingerprint density at radius 2 is 1.59 bits per heavy atom. The second kappa shape index (κ2) is 5.82. The van der Waals surface area contributed by atoms with Gasteiger partial charge >= 0.3 is 5.97 Å². The summed E-state index contributed by atoms with van der Waals surface area (Å²) in [5.41, 5.74) is 2.33. The van der Waals surface area contributed by atoms with Gasteiger partial charge in [0.15, 0.2) is 6.10 Å². The third-order valence-electron chi connectivity index (χ3n) is 3.03. The highest BCUT2D eigenvalue weighted by atomic mass is 16.4. The SMILES string of the molecule is CC(C)c1ccc(C(C)CC(O)C(=O)O)cc1. The van der Waals surface area contributed by atoms with Gasteiger partial charge in [-0.15, -0.1) is 0 Å². The maximum Gasteiger partial charge on any atom is 0.332 e. The van der Waals surface area contributed by atoms with Crippen LogP contribution in [0.2, 0.25) is 0 Å². The van der Waals surface area contributed by atoms with Crippen molar-refractivity contribution in [3.63, 3.8) is 0 Å². The van der Waals surface area contributed by atoms with Crippen molar-refractivity contribution < 1.29 is 15.0 Å². The average Bonchev–Trinajstić information content (AvgIpc) is 2.28. The quantitative estimate of drug-likeness (QED) is 0.826. The van der Waals surface area contributed by atoms with Crippen LogP contribution in [0.4, 0.5) is 0 Å². The molecule has 0 aliphatic carbocycles. The van der Waals surface area contributed by atoms with E-state index < -0.39 is 12.1 Å². The van der Waals surface area contributed by atoms with Crippen LogP contribution in [-0.2, 0) is 4.79 Å². The second-order valence-corrected chi connectivity index (χ2v) is 4.81. The third-order valence-corrected chi connectivity index (χ3v) is 3.03. The van der Waals surface area contributed by atoms with Crippen molar-refractivity contribution in [2.45, 2.75) is 45.1 Å². The van der Waals surface area contributed by atoms with E-state index in [-0.39, 0.29) is 12.3 Å². The minimum Gasteiger partial charge on any atom is -0.479 e. The fourth-order valence-corrected chi connectivity index (χ4v) is 1.78. The predicted molar refractivity (Wildman–Crippen MR) is 67.2 cm³/mol. The number of aliphatic hydroxyl groups excluding tert-OH is 1. The smallest absolute Gasteiger partial charge is 0.332 e. The van der Waals surface area contributed by atoms with Crippen molar-refractivity contribution in [1.82, 2.24) is 0 Å². The molecule has 3 heteroatoms. The maximum atomic E-state index is 10.6. The fraction of sp³-hybridized carbons (Fsp3) is 0.500. The van der Waals surface area contributed by atoms with Gasteiger partial charge in [-0.2, -0.15) is 0 Å². The summed E-state index contributed by atoms with van der Waals surface area (Å²) in [4.78, 5) is 10.6. The number of hydrogen-bond donors (Lipinski definition) is 2. The number of carboxylic acid groups (broad SMARTS) is 1. The van der Waals surface area contributed by atoms with Crippen LogP contribution in [0.5, 0.6) is 0 Å². The van der Waals surface area contributed by atoms with Gasteiger partial charge in [0.1, 0.15) is 0 Å². The zero-order valence-corrected chi connectivity index (χ0v) is 10.6. The molecule has 2 unspecified atom stereocenters. The van der Waals surface area contributed by atoms with Gasteiger partial charge in [-0.05, 0) is 29.4 Å². The summed E-state index contributed by atoms with van der Waals surface area (Å²) in [6.45, 7) is 6.19. The summed E-state index contributed by atoms with van der Waals surface area (Å²) in [5, 5.41) is 17.9. The molecule has 0 aromatic heterocycles. The van der Waals surface area contributed by atoms with Crippen LogP contribution in [-0.4, -0.2) is 22.3 Å². The zero-order valence-electron chi connectivity index (χ0n) is 10.6. The molecule has 1 aromatic rings. The molecule has 17 heavy (non-hydrogen) atoms. The van der Waals surface area contributed by atoms with E-state index in [1.165, 1.54) is 5.56 Å². The van der Waals surface area contributed by atoms with Gasteiger partial charge in [0.25, 0.3) is 0 Å². The van der Waals surface area contributed by atoms with E-state index in [2.05, 4.69) is 26.0 Å². The largest absolute Gasteiger partial charge is 0.479 e. The number of rotatable bonds is 5. The van der Waals surface area contributed by atoms with Crippen LogP contribution in [0, 0.1) is 0 Å². The van der Waals surface area contributed by atoms with E-state index in [1.807, 2.05) is 19.1 Å². The molecule has 0 fully saturated rings. The molecule has 0 aliphatic rings. The second-order valence-electron chi connectivity index (χ2n) is 4.81. The number of aliphatic carboxylic acids is 1. The summed E-state index contributed by atoms with van der Waals surface area (Å²) < 4.78 is 0. The number of benzene rings is 1. The van der Waals surface area contributed by atoms with Crippen molar-refractivity contribution in [3.8, 4) is 0 Å². The normalized spacial score (nSPS) is 14.6. The van der Waals surface area contributed by atoms with E-state index in [0.29, 0.717) is 5.92 Å². The van der Waals surface area contributed by atoms with Gasteiger partial charge in [0.2, 0.25) is 0 Å². The first-order valence-electron chi connectivity index (χ1n) is 5.92. The molecule has 3 nitrogen and oxygen atoms in total. The van der Waals surface area contributed by atoms with Gasteiger partial charge in [0.05, 0.1) is 0 Å². The fourth-order valence-electron chi connectivity index (χ4n) is 1.78. The Bertz CT molecular complexity index is 368. The van der Waals surface area contributed by atoms with Crippen molar-refractivity contribution in [2.24, 2.45) is 0 Å². The van der Waals surface area contributed by atoms with Crippen LogP contribution in [0.3, 0.4) is 0 Å². The summed E-state index contributed by atoms with van der Waals surface area (Å²) in [6, 6.07) is 8.14. The van der Waals surface area contributed by atoms with E-state index in [4.69, 9.17) is 5.11 Å². The van der Waals surface area contributed by atoms with Crippen molar-refractivity contribution >= 4 is 5.97 Å². The van der Waals surface area contributed by atoms with Gasteiger partial charge in [-0.25, -0.2) is 4.79 Å². The lowest BCUT2D eigenvalue weighted by Gasteiger charge is -2.15.